The Morgan fingerprint density at radius 2 is 2.29 bits per heavy atom. The highest BCUT2D eigenvalue weighted by atomic mass is 35.5. The Hall–Kier alpha value is -2.13. The lowest BCUT2D eigenvalue weighted by Crippen LogP contribution is -2.07. The summed E-state index contributed by atoms with van der Waals surface area (Å²) < 4.78 is 4.45. The zero-order valence-electron chi connectivity index (χ0n) is 8.77. The van der Waals surface area contributed by atoms with Gasteiger partial charge in [0, 0.05) is 6.07 Å². The highest BCUT2D eigenvalue weighted by Crippen LogP contribution is 2.30. The predicted molar refractivity (Wildman–Crippen MR) is 58.5 cm³/mol. The minimum Gasteiger partial charge on any atom is -0.469 e. The first kappa shape index (κ1) is 12.9. The van der Waals surface area contributed by atoms with E-state index in [1.165, 1.54) is 13.2 Å². The number of methoxy groups -OCH3 is 1. The summed E-state index contributed by atoms with van der Waals surface area (Å²) >= 11 is 5.72. The number of esters is 1. The van der Waals surface area contributed by atoms with Gasteiger partial charge in [0.25, 0.3) is 5.69 Å². The van der Waals surface area contributed by atoms with Crippen molar-refractivity contribution in [2.75, 3.05) is 7.11 Å². The molecule has 0 saturated carbocycles. The standard InChI is InChI=1S/C10H7ClN2O4/c1-17-9(14)4-6-2-3-8(13(15)16)10(11)7(6)5-12/h2-3H,4H2,1H3. The van der Waals surface area contributed by atoms with E-state index in [0.717, 1.165) is 6.07 Å². The molecule has 1 aromatic rings. The molecule has 0 aliphatic carbocycles. The summed E-state index contributed by atoms with van der Waals surface area (Å²) in [7, 11) is 1.21. The van der Waals surface area contributed by atoms with Crippen LogP contribution in [0.25, 0.3) is 0 Å². The summed E-state index contributed by atoms with van der Waals surface area (Å²) in [4.78, 5) is 21.0. The van der Waals surface area contributed by atoms with Crippen molar-refractivity contribution in [1.82, 2.24) is 0 Å². The van der Waals surface area contributed by atoms with E-state index in [1.54, 1.807) is 6.07 Å². The molecule has 0 amide bonds. The summed E-state index contributed by atoms with van der Waals surface area (Å²) in [6, 6.07) is 4.22. The molecule has 0 aromatic heterocycles. The molecule has 0 fully saturated rings. The number of halogens is 1. The maximum atomic E-state index is 11.1. The van der Waals surface area contributed by atoms with E-state index in [4.69, 9.17) is 16.9 Å². The van der Waals surface area contributed by atoms with Crippen LogP contribution in [0.3, 0.4) is 0 Å². The van der Waals surface area contributed by atoms with Gasteiger partial charge in [-0.15, -0.1) is 0 Å². The van der Waals surface area contributed by atoms with Gasteiger partial charge in [-0.05, 0) is 5.56 Å². The average Bonchev–Trinajstić information content (AvgIpc) is 2.28. The molecule has 0 spiro atoms. The largest absolute Gasteiger partial charge is 0.469 e. The van der Waals surface area contributed by atoms with Crippen LogP contribution in [-0.2, 0) is 16.0 Å². The second-order valence-corrected chi connectivity index (χ2v) is 3.43. The molecule has 6 nitrogen and oxygen atoms in total. The number of nitro benzene ring substituents is 1. The third kappa shape index (κ3) is 2.71. The van der Waals surface area contributed by atoms with Crippen LogP contribution >= 0.6 is 11.6 Å². The summed E-state index contributed by atoms with van der Waals surface area (Å²) in [5, 5.41) is 19.2. The van der Waals surface area contributed by atoms with Crippen molar-refractivity contribution in [2.45, 2.75) is 6.42 Å². The van der Waals surface area contributed by atoms with Gasteiger partial charge in [0.15, 0.2) is 0 Å². The van der Waals surface area contributed by atoms with E-state index >= 15 is 0 Å². The fourth-order valence-electron chi connectivity index (χ4n) is 1.24. The van der Waals surface area contributed by atoms with Crippen LogP contribution in [0.4, 0.5) is 5.69 Å². The van der Waals surface area contributed by atoms with Gasteiger partial charge in [-0.25, -0.2) is 0 Å². The van der Waals surface area contributed by atoms with E-state index < -0.39 is 10.9 Å². The molecule has 0 heterocycles. The van der Waals surface area contributed by atoms with Gasteiger partial charge >= 0.3 is 5.97 Å². The van der Waals surface area contributed by atoms with Gasteiger partial charge in [0.2, 0.25) is 0 Å². The van der Waals surface area contributed by atoms with E-state index in [2.05, 4.69) is 4.74 Å². The van der Waals surface area contributed by atoms with Gasteiger partial charge in [-0.2, -0.15) is 5.26 Å². The van der Waals surface area contributed by atoms with Crippen molar-refractivity contribution in [2.24, 2.45) is 0 Å². The number of carbonyl (C=O) groups is 1. The number of rotatable bonds is 3. The highest BCUT2D eigenvalue weighted by Gasteiger charge is 2.20. The van der Waals surface area contributed by atoms with Crippen LogP contribution in [0.5, 0.6) is 0 Å². The zero-order chi connectivity index (χ0) is 13.0. The molecule has 1 aromatic carbocycles. The summed E-state index contributed by atoms with van der Waals surface area (Å²) in [5.74, 6) is -0.550. The van der Waals surface area contributed by atoms with Crippen LogP contribution in [0.15, 0.2) is 12.1 Å². The lowest BCUT2D eigenvalue weighted by Gasteiger charge is -2.04. The van der Waals surface area contributed by atoms with Crippen molar-refractivity contribution in [1.29, 1.82) is 5.26 Å². The van der Waals surface area contributed by atoms with E-state index in [0.29, 0.717) is 5.56 Å². The van der Waals surface area contributed by atoms with Crippen molar-refractivity contribution in [3.63, 3.8) is 0 Å². The van der Waals surface area contributed by atoms with Crippen molar-refractivity contribution < 1.29 is 14.5 Å². The van der Waals surface area contributed by atoms with Crippen molar-refractivity contribution in [3.05, 3.63) is 38.4 Å². The van der Waals surface area contributed by atoms with E-state index in [9.17, 15) is 14.9 Å². The molecule has 0 atom stereocenters. The molecule has 1 rings (SSSR count). The monoisotopic (exact) mass is 254 g/mol. The average molecular weight is 255 g/mol. The quantitative estimate of drug-likeness (QED) is 0.466. The summed E-state index contributed by atoms with van der Waals surface area (Å²) in [5.41, 5.74) is -0.141. The molecule has 0 bridgehead atoms. The van der Waals surface area contributed by atoms with Gasteiger partial charge < -0.3 is 4.74 Å². The van der Waals surface area contributed by atoms with Crippen LogP contribution in [0.1, 0.15) is 11.1 Å². The molecule has 17 heavy (non-hydrogen) atoms. The Balaban J connectivity index is 3.27. The smallest absolute Gasteiger partial charge is 0.310 e. The number of nitriles is 1. The molecular formula is C10H7ClN2O4. The van der Waals surface area contributed by atoms with Crippen molar-refractivity contribution >= 4 is 23.3 Å². The Morgan fingerprint density at radius 1 is 1.65 bits per heavy atom. The number of nitro groups is 1. The molecule has 0 unspecified atom stereocenters. The van der Waals surface area contributed by atoms with Gasteiger partial charge in [0.1, 0.15) is 11.1 Å². The number of hydrogen-bond donors (Lipinski definition) is 0. The van der Waals surface area contributed by atoms with Crippen LogP contribution < -0.4 is 0 Å². The normalized spacial score (nSPS) is 9.47. The number of hydrogen-bond acceptors (Lipinski definition) is 5. The van der Waals surface area contributed by atoms with Gasteiger partial charge in [-0.1, -0.05) is 17.7 Å². The molecule has 88 valence electrons. The minimum atomic E-state index is -0.689. The first-order valence-electron chi connectivity index (χ1n) is 4.44. The molecule has 0 saturated heterocycles. The van der Waals surface area contributed by atoms with Gasteiger partial charge in [-0.3, -0.25) is 14.9 Å². The lowest BCUT2D eigenvalue weighted by molar-refractivity contribution is -0.384. The van der Waals surface area contributed by atoms with Gasteiger partial charge in [0.05, 0.1) is 24.0 Å². The zero-order valence-corrected chi connectivity index (χ0v) is 9.52. The SMILES string of the molecule is COC(=O)Cc1ccc([N+](=O)[O-])c(Cl)c1C#N. The molecule has 7 heteroatoms. The highest BCUT2D eigenvalue weighted by molar-refractivity contribution is 6.34. The second-order valence-electron chi connectivity index (χ2n) is 3.05. The van der Waals surface area contributed by atoms with Crippen LogP contribution in [0.2, 0.25) is 5.02 Å². The molecule has 0 radical (unpaired) electrons. The maximum Gasteiger partial charge on any atom is 0.310 e. The number of ether oxygens (including phenoxy) is 1. The summed E-state index contributed by atoms with van der Waals surface area (Å²) in [6.07, 6.45) is -0.156. The number of nitrogens with zero attached hydrogens (tertiary/aromatic N) is 2. The second kappa shape index (κ2) is 5.27. The molecule has 0 aliphatic heterocycles. The Morgan fingerprint density at radius 3 is 2.76 bits per heavy atom. The Labute approximate surface area is 102 Å². The predicted octanol–water partition coefficient (Wildman–Crippen LogP) is 1.84. The molecular weight excluding hydrogens is 248 g/mol. The van der Waals surface area contributed by atoms with E-state index in [-0.39, 0.29) is 22.7 Å². The third-order valence-electron chi connectivity index (χ3n) is 2.08. The lowest BCUT2D eigenvalue weighted by atomic mass is 10.0. The molecule has 0 aliphatic rings. The topological polar surface area (TPSA) is 93.2 Å². The maximum absolute atomic E-state index is 11.1. The van der Waals surface area contributed by atoms with Crippen LogP contribution in [-0.4, -0.2) is 18.0 Å². The van der Waals surface area contributed by atoms with E-state index in [1.807, 2.05) is 0 Å². The van der Waals surface area contributed by atoms with Crippen LogP contribution in [0, 0.1) is 21.4 Å². The first-order valence-corrected chi connectivity index (χ1v) is 4.81. The molecule has 0 N–H and O–H groups in total. The first-order chi connectivity index (χ1) is 8.01. The number of carbonyl (C=O) groups excluding carboxylic acids is 1. The fraction of sp³-hybridized carbons (Fsp3) is 0.200. The third-order valence-corrected chi connectivity index (χ3v) is 2.46. The Kier molecular flexibility index (Phi) is 4.01. The fourth-order valence-corrected chi connectivity index (χ4v) is 1.54. The minimum absolute atomic E-state index is 0.0775. The number of benzene rings is 1. The van der Waals surface area contributed by atoms with Crippen molar-refractivity contribution in [3.8, 4) is 6.07 Å². The Bertz CT molecular complexity index is 522. The summed E-state index contributed by atoms with van der Waals surface area (Å²) in [6.45, 7) is 0.